The summed E-state index contributed by atoms with van der Waals surface area (Å²) in [6, 6.07) is 5.98. The number of nitrogens with one attached hydrogen (secondary N) is 1. The molecule has 1 N–H and O–H groups in total. The lowest BCUT2D eigenvalue weighted by molar-refractivity contribution is -0.110. The van der Waals surface area contributed by atoms with Gasteiger partial charge in [-0.1, -0.05) is 6.08 Å². The largest absolute Gasteiger partial charge is 0.319 e. The molecule has 3 aliphatic heterocycles. The Hall–Kier alpha value is -3.34. The molecule has 6 rings (SSSR count). The van der Waals surface area contributed by atoms with Crippen molar-refractivity contribution in [1.29, 1.82) is 0 Å². The number of piperazine rings is 1. The van der Waals surface area contributed by atoms with Crippen LogP contribution >= 0.6 is 0 Å². The second-order valence-electron chi connectivity index (χ2n) is 12.0. The smallest absolute Gasteiger partial charge is 0.274 e. The lowest BCUT2D eigenvalue weighted by Crippen LogP contribution is -2.44. The first kappa shape index (κ1) is 28.8. The van der Waals surface area contributed by atoms with Gasteiger partial charge in [0.2, 0.25) is 0 Å². The number of aliphatic imine (C=N–C) groups is 1. The summed E-state index contributed by atoms with van der Waals surface area (Å²) in [5, 5.41) is 3.01. The summed E-state index contributed by atoms with van der Waals surface area (Å²) < 4.78 is 27.2. The number of anilines is 1. The summed E-state index contributed by atoms with van der Waals surface area (Å²) in [5.41, 5.74) is 6.07. The van der Waals surface area contributed by atoms with E-state index in [0.717, 1.165) is 73.5 Å². The molecule has 8 nitrogen and oxygen atoms in total. The van der Waals surface area contributed by atoms with Gasteiger partial charge in [-0.05, 0) is 66.8 Å². The second kappa shape index (κ2) is 12.5. The number of nitrogens with zero attached hydrogens (tertiary/aromatic N) is 6. The zero-order valence-electron chi connectivity index (χ0n) is 24.2. The third-order valence-electron chi connectivity index (χ3n) is 8.80. The normalized spacial score (nSPS) is 23.4. The van der Waals surface area contributed by atoms with Crippen LogP contribution in [-0.2, 0) is 17.9 Å². The first-order valence-corrected chi connectivity index (χ1v) is 15.0. The SMILES string of the molecule is CN1CCN(Cc2ccc(NC(=O)C3=NCCC4CC=C(c5cncc(CN6CCC(F)(F)CC6)c5)C=C34)cn2)CC1. The zero-order valence-corrected chi connectivity index (χ0v) is 24.2. The fourth-order valence-electron chi connectivity index (χ4n) is 6.15. The first-order chi connectivity index (χ1) is 20.3. The number of halogens is 2. The molecule has 5 heterocycles. The van der Waals surface area contributed by atoms with Gasteiger partial charge in [-0.25, -0.2) is 8.78 Å². The maximum atomic E-state index is 13.6. The number of aromatic nitrogens is 2. The molecule has 1 aliphatic carbocycles. The maximum Gasteiger partial charge on any atom is 0.274 e. The Labute approximate surface area is 246 Å². The van der Waals surface area contributed by atoms with Crippen LogP contribution in [0.4, 0.5) is 14.5 Å². The highest BCUT2D eigenvalue weighted by atomic mass is 19.3. The Balaban J connectivity index is 1.10. The Morgan fingerprint density at radius 1 is 1.02 bits per heavy atom. The van der Waals surface area contributed by atoms with Crippen molar-refractivity contribution >= 4 is 22.9 Å². The highest BCUT2D eigenvalue weighted by Crippen LogP contribution is 2.35. The highest BCUT2D eigenvalue weighted by Gasteiger charge is 2.34. The Morgan fingerprint density at radius 2 is 1.81 bits per heavy atom. The molecule has 0 spiro atoms. The van der Waals surface area contributed by atoms with Gasteiger partial charge in [0, 0.05) is 89.7 Å². The van der Waals surface area contributed by atoms with Crippen molar-refractivity contribution < 1.29 is 13.6 Å². The Morgan fingerprint density at radius 3 is 2.57 bits per heavy atom. The van der Waals surface area contributed by atoms with E-state index in [1.54, 1.807) is 12.4 Å². The van der Waals surface area contributed by atoms with E-state index in [2.05, 4.69) is 60.2 Å². The molecule has 0 radical (unpaired) electrons. The number of fused-ring (bicyclic) bond motifs is 1. The molecule has 2 saturated heterocycles. The van der Waals surface area contributed by atoms with Crippen LogP contribution in [0.15, 0.2) is 59.5 Å². The maximum absolute atomic E-state index is 13.6. The van der Waals surface area contributed by atoms with Crippen molar-refractivity contribution in [2.45, 2.75) is 44.7 Å². The molecule has 10 heteroatoms. The molecule has 0 aromatic carbocycles. The number of likely N-dealkylation sites (N-methyl/N-ethyl adjacent to an activating group) is 1. The van der Waals surface area contributed by atoms with Gasteiger partial charge in [0.05, 0.1) is 17.6 Å². The average Bonchev–Trinajstić information content (AvgIpc) is 3.00. The van der Waals surface area contributed by atoms with Crippen molar-refractivity contribution in [3.8, 4) is 0 Å². The molecule has 0 bridgehead atoms. The highest BCUT2D eigenvalue weighted by molar-refractivity contribution is 6.49. The molecular formula is C32H39F2N7O. The number of rotatable bonds is 7. The minimum absolute atomic E-state index is 0.0975. The van der Waals surface area contributed by atoms with Gasteiger partial charge in [0.15, 0.2) is 0 Å². The summed E-state index contributed by atoms with van der Waals surface area (Å²) in [5.74, 6) is -2.51. The lowest BCUT2D eigenvalue weighted by Gasteiger charge is -2.32. The number of hydrogen-bond donors (Lipinski definition) is 1. The monoisotopic (exact) mass is 575 g/mol. The van der Waals surface area contributed by atoms with Gasteiger partial charge >= 0.3 is 0 Å². The van der Waals surface area contributed by atoms with Crippen molar-refractivity contribution in [1.82, 2.24) is 24.7 Å². The van der Waals surface area contributed by atoms with Gasteiger partial charge in [-0.15, -0.1) is 0 Å². The van der Waals surface area contributed by atoms with Crippen LogP contribution in [0.1, 0.15) is 42.5 Å². The molecule has 2 aromatic rings. The fraction of sp³-hybridized carbons (Fsp3) is 0.500. The molecule has 1 amide bonds. The van der Waals surface area contributed by atoms with E-state index in [1.807, 2.05) is 18.3 Å². The number of amides is 1. The minimum atomic E-state index is -2.55. The lowest BCUT2D eigenvalue weighted by atomic mass is 9.80. The van der Waals surface area contributed by atoms with Crippen molar-refractivity contribution in [2.75, 3.05) is 58.2 Å². The van der Waals surface area contributed by atoms with Crippen LogP contribution in [0, 0.1) is 5.92 Å². The third-order valence-corrected chi connectivity index (χ3v) is 8.80. The molecule has 4 aliphatic rings. The molecular weight excluding hydrogens is 536 g/mol. The number of allylic oxidation sites excluding steroid dienone is 3. The van der Waals surface area contributed by atoms with Crippen molar-refractivity contribution in [3.63, 3.8) is 0 Å². The standard InChI is InChI=1S/C32H39F2N7O/c1-39-12-14-41(15-13-39)22-28-5-4-27(20-37-28)38-31(42)30-29-17-25(3-2-24(29)6-9-36-30)26-16-23(18-35-19-26)21-40-10-7-32(33,34)8-11-40/h3-5,16-20,24H,2,6-15,21-22H2,1H3,(H,38,42). The van der Waals surface area contributed by atoms with Crippen LogP contribution in [0.3, 0.4) is 0 Å². The number of likely N-dealkylation sites (tertiary alicyclic amines) is 1. The van der Waals surface area contributed by atoms with Gasteiger partial charge in [-0.2, -0.15) is 0 Å². The molecule has 2 fully saturated rings. The second-order valence-corrected chi connectivity index (χ2v) is 12.0. The van der Waals surface area contributed by atoms with Crippen LogP contribution in [-0.4, -0.2) is 95.1 Å². The average molecular weight is 576 g/mol. The van der Waals surface area contributed by atoms with Crippen LogP contribution < -0.4 is 5.32 Å². The molecule has 1 unspecified atom stereocenters. The van der Waals surface area contributed by atoms with Crippen LogP contribution in [0.25, 0.3) is 5.57 Å². The Bertz CT molecular complexity index is 1370. The van der Waals surface area contributed by atoms with Crippen molar-refractivity contribution in [3.05, 3.63) is 71.3 Å². The van der Waals surface area contributed by atoms with Gasteiger partial charge in [0.1, 0.15) is 5.71 Å². The molecule has 1 atom stereocenters. The summed E-state index contributed by atoms with van der Waals surface area (Å²) in [6.45, 7) is 6.99. The topological polar surface area (TPSA) is 77.0 Å². The predicted octanol–water partition coefficient (Wildman–Crippen LogP) is 4.27. The van der Waals surface area contributed by atoms with E-state index in [9.17, 15) is 13.6 Å². The molecule has 0 saturated carbocycles. The van der Waals surface area contributed by atoms with E-state index in [0.29, 0.717) is 37.6 Å². The predicted molar refractivity (Wildman–Crippen MR) is 160 cm³/mol. The molecule has 222 valence electrons. The van der Waals surface area contributed by atoms with E-state index in [-0.39, 0.29) is 24.7 Å². The fourth-order valence-corrected chi connectivity index (χ4v) is 6.15. The number of piperidine rings is 1. The van der Waals surface area contributed by atoms with Crippen molar-refractivity contribution in [2.24, 2.45) is 10.9 Å². The number of carbonyl (C=O) groups excluding carboxylic acids is 1. The van der Waals surface area contributed by atoms with Gasteiger partial charge < -0.3 is 10.2 Å². The van der Waals surface area contributed by atoms with E-state index >= 15 is 0 Å². The van der Waals surface area contributed by atoms with Gasteiger partial charge in [-0.3, -0.25) is 29.6 Å². The van der Waals surface area contributed by atoms with Gasteiger partial charge in [0.25, 0.3) is 11.8 Å². The number of hydrogen-bond acceptors (Lipinski definition) is 7. The van der Waals surface area contributed by atoms with Crippen LogP contribution in [0.2, 0.25) is 0 Å². The third kappa shape index (κ3) is 6.99. The zero-order chi connectivity index (χ0) is 29.1. The Kier molecular flexibility index (Phi) is 8.55. The first-order valence-electron chi connectivity index (χ1n) is 15.0. The van der Waals surface area contributed by atoms with E-state index in [4.69, 9.17) is 0 Å². The quantitative estimate of drug-likeness (QED) is 0.532. The summed E-state index contributed by atoms with van der Waals surface area (Å²) in [6.07, 6.45) is 11.2. The number of carbonyl (C=O) groups is 1. The van der Waals surface area contributed by atoms with E-state index < -0.39 is 5.92 Å². The number of alkyl halides is 2. The summed E-state index contributed by atoms with van der Waals surface area (Å²) in [4.78, 5) is 33.9. The molecule has 2 aromatic heterocycles. The number of pyridine rings is 2. The minimum Gasteiger partial charge on any atom is -0.319 e. The molecule has 42 heavy (non-hydrogen) atoms. The summed E-state index contributed by atoms with van der Waals surface area (Å²) in [7, 11) is 2.15. The summed E-state index contributed by atoms with van der Waals surface area (Å²) >= 11 is 0. The van der Waals surface area contributed by atoms with E-state index in [1.165, 1.54) is 0 Å². The van der Waals surface area contributed by atoms with Crippen LogP contribution in [0.5, 0.6) is 0 Å².